The molecule has 11 nitrogen and oxygen atoms in total. The van der Waals surface area contributed by atoms with Crippen molar-refractivity contribution >= 4 is 45.0 Å². The SMILES string of the molecule is CC(C)(C)OC(=O)n1c(-c2cc(C(=O)Nc3cnn(Cc4ccc(F)c(F)c4)c3)cn(COCC[Si](C)(C)C)c2=O)cc2cc(CO[Si](C)(C)C(C)(C)C)ccc21. The molecule has 0 fully saturated rings. The van der Waals surface area contributed by atoms with E-state index in [4.69, 9.17) is 13.9 Å². The maximum atomic E-state index is 14.3. The van der Waals surface area contributed by atoms with Crippen molar-refractivity contribution < 1.29 is 32.3 Å². The molecule has 15 heteroatoms. The van der Waals surface area contributed by atoms with Gasteiger partial charge in [0, 0.05) is 32.5 Å². The monoisotopic (exact) mass is 819 g/mol. The summed E-state index contributed by atoms with van der Waals surface area (Å²) in [6.45, 7) is 23.7. The lowest BCUT2D eigenvalue weighted by Gasteiger charge is -2.36. The van der Waals surface area contributed by atoms with Crippen LogP contribution in [0.15, 0.2) is 71.9 Å². The van der Waals surface area contributed by atoms with Crippen molar-refractivity contribution in [2.24, 2.45) is 0 Å². The fourth-order valence-electron chi connectivity index (χ4n) is 5.66. The number of hydrogen-bond acceptors (Lipinski definition) is 7. The Morgan fingerprint density at radius 1 is 0.877 bits per heavy atom. The number of fused-ring (bicyclic) bond motifs is 1. The highest BCUT2D eigenvalue weighted by Crippen LogP contribution is 2.37. The molecule has 5 rings (SSSR count). The van der Waals surface area contributed by atoms with Crippen LogP contribution in [0.3, 0.4) is 0 Å². The van der Waals surface area contributed by atoms with E-state index in [1.54, 1.807) is 33.0 Å². The number of amides is 1. The Balaban J connectivity index is 1.56. The van der Waals surface area contributed by atoms with Gasteiger partial charge in [-0.3, -0.25) is 18.8 Å². The summed E-state index contributed by atoms with van der Waals surface area (Å²) >= 11 is 0. The maximum Gasteiger partial charge on any atom is 0.419 e. The number of anilines is 1. The quantitative estimate of drug-likeness (QED) is 0.0928. The highest BCUT2D eigenvalue weighted by atomic mass is 28.4. The van der Waals surface area contributed by atoms with Gasteiger partial charge in [0.15, 0.2) is 20.0 Å². The van der Waals surface area contributed by atoms with E-state index in [-0.39, 0.29) is 35.1 Å². The number of carbonyl (C=O) groups is 2. The smallest absolute Gasteiger partial charge is 0.419 e. The molecule has 1 N–H and O–H groups in total. The highest BCUT2D eigenvalue weighted by Gasteiger charge is 2.37. The highest BCUT2D eigenvalue weighted by molar-refractivity contribution is 6.76. The molecule has 0 radical (unpaired) electrons. The van der Waals surface area contributed by atoms with Crippen molar-refractivity contribution in [1.82, 2.24) is 18.9 Å². The van der Waals surface area contributed by atoms with E-state index >= 15 is 0 Å². The van der Waals surface area contributed by atoms with Crippen LogP contribution in [-0.4, -0.2) is 59.5 Å². The molecule has 57 heavy (non-hydrogen) atoms. The summed E-state index contributed by atoms with van der Waals surface area (Å²) in [4.78, 5) is 42.2. The van der Waals surface area contributed by atoms with Crippen LogP contribution in [-0.2, 0) is 33.8 Å². The largest absolute Gasteiger partial charge is 0.443 e. The van der Waals surface area contributed by atoms with E-state index in [1.165, 1.54) is 38.3 Å². The van der Waals surface area contributed by atoms with Crippen LogP contribution in [0.2, 0.25) is 43.8 Å². The first-order valence-corrected chi connectivity index (χ1v) is 25.6. The average molecular weight is 820 g/mol. The number of aromatic nitrogens is 4. The second-order valence-electron chi connectivity index (χ2n) is 18.2. The van der Waals surface area contributed by atoms with Crippen LogP contribution in [0.25, 0.3) is 22.2 Å². The summed E-state index contributed by atoms with van der Waals surface area (Å²) in [5.41, 5.74) is 1.40. The van der Waals surface area contributed by atoms with Gasteiger partial charge in [0.2, 0.25) is 0 Å². The van der Waals surface area contributed by atoms with E-state index in [9.17, 15) is 23.2 Å². The molecule has 0 bridgehead atoms. The first-order chi connectivity index (χ1) is 26.4. The first kappa shape index (κ1) is 43.4. The number of nitrogens with zero attached hydrogens (tertiary/aromatic N) is 4. The molecular formula is C42H55F2N5O6Si2. The normalized spacial score (nSPS) is 12.6. The van der Waals surface area contributed by atoms with E-state index in [0.717, 1.165) is 23.7 Å². The topological polar surface area (TPSA) is 119 Å². The molecule has 0 saturated heterocycles. The molecule has 0 aliphatic carbocycles. The molecule has 306 valence electrons. The van der Waals surface area contributed by atoms with Gasteiger partial charge >= 0.3 is 6.09 Å². The minimum Gasteiger partial charge on any atom is -0.443 e. The molecule has 0 aliphatic heterocycles. The molecule has 0 atom stereocenters. The fraction of sp³-hybridized carbons (Fsp3) is 0.429. The zero-order chi connectivity index (χ0) is 42.1. The molecule has 2 aromatic carbocycles. The fourth-order valence-corrected chi connectivity index (χ4v) is 7.38. The number of carbonyl (C=O) groups excluding carboxylic acids is 2. The van der Waals surface area contributed by atoms with Crippen molar-refractivity contribution in [3.05, 3.63) is 106 Å². The molecule has 0 saturated carbocycles. The van der Waals surface area contributed by atoms with Crippen molar-refractivity contribution in [3.8, 4) is 11.3 Å². The van der Waals surface area contributed by atoms with Crippen molar-refractivity contribution in [3.63, 3.8) is 0 Å². The lowest BCUT2D eigenvalue weighted by Crippen LogP contribution is -2.40. The second-order valence-corrected chi connectivity index (χ2v) is 28.6. The van der Waals surface area contributed by atoms with Gasteiger partial charge in [0.25, 0.3) is 11.5 Å². The van der Waals surface area contributed by atoms with Gasteiger partial charge in [-0.05, 0) is 92.5 Å². The van der Waals surface area contributed by atoms with E-state index in [2.05, 4.69) is 63.9 Å². The van der Waals surface area contributed by atoms with E-state index in [0.29, 0.717) is 35.4 Å². The average Bonchev–Trinajstić information content (AvgIpc) is 3.70. The van der Waals surface area contributed by atoms with Crippen LogP contribution in [0.5, 0.6) is 0 Å². The van der Waals surface area contributed by atoms with Crippen molar-refractivity contribution in [1.29, 1.82) is 0 Å². The van der Waals surface area contributed by atoms with Crippen LogP contribution >= 0.6 is 0 Å². The summed E-state index contributed by atoms with van der Waals surface area (Å²) in [5.74, 6) is -2.47. The Hall–Kier alpha value is -4.71. The Morgan fingerprint density at radius 3 is 2.23 bits per heavy atom. The van der Waals surface area contributed by atoms with Gasteiger partial charge in [-0.1, -0.05) is 52.5 Å². The van der Waals surface area contributed by atoms with Crippen LogP contribution in [0.1, 0.15) is 63.0 Å². The zero-order valence-corrected chi connectivity index (χ0v) is 36.9. The van der Waals surface area contributed by atoms with Crippen molar-refractivity contribution in [2.45, 2.75) is 111 Å². The number of benzene rings is 2. The minimum absolute atomic E-state index is 0.0189. The van der Waals surface area contributed by atoms with Crippen LogP contribution < -0.4 is 10.9 Å². The van der Waals surface area contributed by atoms with Gasteiger partial charge in [0.1, 0.15) is 12.3 Å². The maximum absolute atomic E-state index is 14.3. The Morgan fingerprint density at radius 2 is 1.58 bits per heavy atom. The number of nitrogens with one attached hydrogen (secondary N) is 1. The molecule has 0 aliphatic rings. The Bertz CT molecular complexity index is 2330. The molecular weight excluding hydrogens is 765 g/mol. The van der Waals surface area contributed by atoms with E-state index in [1.807, 2.05) is 18.2 Å². The summed E-state index contributed by atoms with van der Waals surface area (Å²) in [5, 5.41) is 7.79. The third kappa shape index (κ3) is 11.0. The number of halogens is 2. The number of pyridine rings is 1. The Kier molecular flexibility index (Phi) is 12.7. The van der Waals surface area contributed by atoms with Gasteiger partial charge in [-0.15, -0.1) is 0 Å². The Labute approximate surface area is 335 Å². The summed E-state index contributed by atoms with van der Waals surface area (Å²) in [6, 6.07) is 13.3. The summed E-state index contributed by atoms with van der Waals surface area (Å²) < 4.78 is 49.8. The van der Waals surface area contributed by atoms with Gasteiger partial charge < -0.3 is 19.2 Å². The van der Waals surface area contributed by atoms with Crippen LogP contribution in [0.4, 0.5) is 19.3 Å². The van der Waals surface area contributed by atoms with Gasteiger partial charge in [-0.2, -0.15) is 5.10 Å². The number of hydrogen-bond donors (Lipinski definition) is 1. The third-order valence-corrected chi connectivity index (χ3v) is 16.1. The molecule has 0 spiro atoms. The third-order valence-electron chi connectivity index (χ3n) is 9.92. The van der Waals surface area contributed by atoms with Gasteiger partial charge in [-0.25, -0.2) is 18.1 Å². The molecule has 5 aromatic rings. The molecule has 3 aromatic heterocycles. The first-order valence-electron chi connectivity index (χ1n) is 19.0. The second kappa shape index (κ2) is 16.6. The minimum atomic E-state index is -2.06. The standard InChI is InChI=1S/C42H55F2N5O6Si2/c1-41(2,3)55-40(52)49-36-15-13-29(26-54-57(10,11)42(4,5)6)18-30(36)21-37(49)33-20-31(24-47(39(33)51)27-53-16-17-56(7,8)9)38(50)46-32-22-45-48(25-32)23-28-12-14-34(43)35(44)19-28/h12-15,18-22,24-25H,16-17,23,26-27H2,1-11H3,(H,46,50). The molecule has 0 unspecified atom stereocenters. The van der Waals surface area contributed by atoms with E-state index < -0.39 is 51.2 Å². The molecule has 1 amide bonds. The summed E-state index contributed by atoms with van der Waals surface area (Å²) in [6.07, 6.45) is 3.74. The number of rotatable bonds is 13. The lowest BCUT2D eigenvalue weighted by atomic mass is 10.1. The summed E-state index contributed by atoms with van der Waals surface area (Å²) in [7, 11) is -3.51. The van der Waals surface area contributed by atoms with Crippen LogP contribution in [0, 0.1) is 11.6 Å². The molecule has 3 heterocycles. The number of ether oxygens (including phenoxy) is 2. The zero-order valence-electron chi connectivity index (χ0n) is 34.9. The van der Waals surface area contributed by atoms with Crippen molar-refractivity contribution in [2.75, 3.05) is 11.9 Å². The van der Waals surface area contributed by atoms with Gasteiger partial charge in [0.05, 0.1) is 47.4 Å². The lowest BCUT2D eigenvalue weighted by molar-refractivity contribution is 0.0547. The predicted molar refractivity (Wildman–Crippen MR) is 225 cm³/mol. The predicted octanol–water partition coefficient (Wildman–Crippen LogP) is 9.86.